The van der Waals surface area contributed by atoms with E-state index in [2.05, 4.69) is 5.32 Å². The molecule has 1 aliphatic carbocycles. The van der Waals surface area contributed by atoms with Crippen molar-refractivity contribution in [2.24, 2.45) is 0 Å². The van der Waals surface area contributed by atoms with Crippen LogP contribution in [0.2, 0.25) is 0 Å². The van der Waals surface area contributed by atoms with Crippen LogP contribution in [0, 0.1) is 0 Å². The number of hydrogen-bond acceptors (Lipinski definition) is 3. The minimum Gasteiger partial charge on any atom is -0.494 e. The summed E-state index contributed by atoms with van der Waals surface area (Å²) in [5.74, 6) is 0.187. The van der Waals surface area contributed by atoms with Crippen LogP contribution in [0.15, 0.2) is 18.2 Å². The number of fused-ring (bicyclic) bond motifs is 2. The molecule has 0 aromatic heterocycles. The summed E-state index contributed by atoms with van der Waals surface area (Å²) in [5.41, 5.74) is 1.25. The van der Waals surface area contributed by atoms with Crippen molar-refractivity contribution in [2.75, 3.05) is 6.61 Å². The number of hydrogen-bond donors (Lipinski definition) is 1. The van der Waals surface area contributed by atoms with Crippen LogP contribution in [0.4, 0.5) is 13.2 Å². The van der Waals surface area contributed by atoms with Gasteiger partial charge in [-0.15, -0.1) is 0 Å². The molecule has 1 aromatic carbocycles. The molecule has 1 N–H and O–H groups in total. The predicted octanol–water partition coefficient (Wildman–Crippen LogP) is 3.03. The summed E-state index contributed by atoms with van der Waals surface area (Å²) >= 11 is 0. The Morgan fingerprint density at radius 3 is 2.75 bits per heavy atom. The van der Waals surface area contributed by atoms with Gasteiger partial charge in [0.1, 0.15) is 11.5 Å². The van der Waals surface area contributed by atoms with Gasteiger partial charge in [0.25, 0.3) is 0 Å². The molecule has 1 heterocycles. The first-order chi connectivity index (χ1) is 11.3. The summed E-state index contributed by atoms with van der Waals surface area (Å²) in [5, 5.41) is 2.94. The highest BCUT2D eigenvalue weighted by molar-refractivity contribution is 6.01. The average Bonchev–Trinajstić information content (AvgIpc) is 2.79. The Balaban J connectivity index is 1.67. The van der Waals surface area contributed by atoms with Gasteiger partial charge in [-0.1, -0.05) is 6.07 Å². The number of halogens is 3. The van der Waals surface area contributed by atoms with E-state index in [1.54, 1.807) is 18.2 Å². The molecule has 0 unspecified atom stereocenters. The lowest BCUT2D eigenvalue weighted by atomic mass is 9.83. The topological polar surface area (TPSA) is 55.4 Å². The van der Waals surface area contributed by atoms with Crippen LogP contribution in [0.1, 0.15) is 43.2 Å². The van der Waals surface area contributed by atoms with Crippen molar-refractivity contribution in [1.82, 2.24) is 5.32 Å². The van der Waals surface area contributed by atoms with Crippen molar-refractivity contribution in [2.45, 2.75) is 50.2 Å². The van der Waals surface area contributed by atoms with E-state index in [1.807, 2.05) is 0 Å². The van der Waals surface area contributed by atoms with Gasteiger partial charge in [-0.25, -0.2) is 0 Å². The summed E-state index contributed by atoms with van der Waals surface area (Å²) in [6.07, 6.45) is -3.56. The van der Waals surface area contributed by atoms with E-state index in [0.717, 1.165) is 11.1 Å². The monoisotopic (exact) mass is 341 g/mol. The first-order valence-corrected chi connectivity index (χ1v) is 7.93. The van der Waals surface area contributed by atoms with Crippen molar-refractivity contribution < 1.29 is 27.5 Å². The molecule has 1 spiro atoms. The fourth-order valence-corrected chi connectivity index (χ4v) is 3.53. The third kappa shape index (κ3) is 3.55. The summed E-state index contributed by atoms with van der Waals surface area (Å²) in [6.45, 7) is -0.00133. The van der Waals surface area contributed by atoms with Crippen LogP contribution in [0.5, 0.6) is 5.75 Å². The molecule has 2 aliphatic rings. The Kier molecular flexibility index (Phi) is 4.27. The normalized spacial score (nSPS) is 23.3. The van der Waals surface area contributed by atoms with Gasteiger partial charge in [0.2, 0.25) is 5.91 Å². The number of amides is 1. The van der Waals surface area contributed by atoms with Gasteiger partial charge in [0.15, 0.2) is 0 Å². The summed E-state index contributed by atoms with van der Waals surface area (Å²) in [7, 11) is 0. The number of nitrogens with one attached hydrogen (secondary N) is 1. The Hall–Kier alpha value is -2.05. The number of Topliss-reactive ketones (excluding diaryl/α,β-unsaturated/α-hetero) is 1. The lowest BCUT2D eigenvalue weighted by Gasteiger charge is -2.34. The summed E-state index contributed by atoms with van der Waals surface area (Å²) in [4.78, 5) is 23.5. The SMILES string of the molecule is O=C1CC(=O)N[C@@]2(CCc3cc(OCCCC(F)(F)F)ccc32)C1. The predicted molar refractivity (Wildman–Crippen MR) is 79.6 cm³/mol. The van der Waals surface area contributed by atoms with Crippen molar-refractivity contribution >= 4 is 11.7 Å². The van der Waals surface area contributed by atoms with Crippen LogP contribution in [0.25, 0.3) is 0 Å². The van der Waals surface area contributed by atoms with Crippen molar-refractivity contribution in [1.29, 1.82) is 0 Å². The molecule has 0 saturated carbocycles. The van der Waals surface area contributed by atoms with Crippen molar-refractivity contribution in [3.8, 4) is 5.75 Å². The standard InChI is InChI=1S/C17H18F3NO3/c18-17(19,20)5-1-7-24-13-2-3-14-11(8-13)4-6-16(14)10-12(22)9-15(23)21-16/h2-3,8H,1,4-7,9-10H2,(H,21,23)/t16-/m0/s1. The van der Waals surface area contributed by atoms with Gasteiger partial charge in [0.05, 0.1) is 18.6 Å². The molecular formula is C17H18F3NO3. The average molecular weight is 341 g/mol. The van der Waals surface area contributed by atoms with Gasteiger partial charge in [-0.05, 0) is 42.5 Å². The van der Waals surface area contributed by atoms with Gasteiger partial charge in [0, 0.05) is 12.8 Å². The van der Waals surface area contributed by atoms with E-state index < -0.39 is 18.1 Å². The van der Waals surface area contributed by atoms with E-state index in [4.69, 9.17) is 4.74 Å². The smallest absolute Gasteiger partial charge is 0.389 e. The highest BCUT2D eigenvalue weighted by Gasteiger charge is 2.44. The molecular weight excluding hydrogens is 323 g/mol. The number of piperidine rings is 1. The fraction of sp³-hybridized carbons (Fsp3) is 0.529. The molecule has 1 atom stereocenters. The molecule has 1 aliphatic heterocycles. The maximum absolute atomic E-state index is 12.1. The van der Waals surface area contributed by atoms with Gasteiger partial charge < -0.3 is 10.1 Å². The number of ether oxygens (including phenoxy) is 1. The number of benzene rings is 1. The molecule has 1 saturated heterocycles. The highest BCUT2D eigenvalue weighted by Crippen LogP contribution is 2.42. The van der Waals surface area contributed by atoms with Gasteiger partial charge in [-0.2, -0.15) is 13.2 Å². The van der Waals surface area contributed by atoms with Crippen LogP contribution in [0.3, 0.4) is 0 Å². The third-order valence-electron chi connectivity index (χ3n) is 4.52. The highest BCUT2D eigenvalue weighted by atomic mass is 19.4. The number of carbonyl (C=O) groups is 2. The largest absolute Gasteiger partial charge is 0.494 e. The van der Waals surface area contributed by atoms with Gasteiger partial charge in [-0.3, -0.25) is 9.59 Å². The Morgan fingerprint density at radius 1 is 1.25 bits per heavy atom. The molecule has 4 nitrogen and oxygen atoms in total. The molecule has 0 radical (unpaired) electrons. The zero-order chi connectivity index (χ0) is 17.4. The van der Waals surface area contributed by atoms with Crippen LogP contribution < -0.4 is 10.1 Å². The lowest BCUT2D eigenvalue weighted by Crippen LogP contribution is -2.50. The van der Waals surface area contributed by atoms with E-state index >= 15 is 0 Å². The Morgan fingerprint density at radius 2 is 2.04 bits per heavy atom. The Bertz CT molecular complexity index is 654. The number of ketones is 1. The summed E-state index contributed by atoms with van der Waals surface area (Å²) < 4.78 is 41.7. The zero-order valence-corrected chi connectivity index (χ0v) is 13.0. The molecule has 130 valence electrons. The molecule has 3 rings (SSSR count). The third-order valence-corrected chi connectivity index (χ3v) is 4.52. The van der Waals surface area contributed by atoms with Crippen LogP contribution in [-0.4, -0.2) is 24.5 Å². The van der Waals surface area contributed by atoms with E-state index in [-0.39, 0.29) is 37.6 Å². The zero-order valence-electron chi connectivity index (χ0n) is 13.0. The Labute approximate surface area is 137 Å². The van der Waals surface area contributed by atoms with Crippen molar-refractivity contribution in [3.63, 3.8) is 0 Å². The molecule has 24 heavy (non-hydrogen) atoms. The second-order valence-electron chi connectivity index (χ2n) is 6.41. The maximum Gasteiger partial charge on any atom is 0.389 e. The van der Waals surface area contributed by atoms with E-state index in [1.165, 1.54) is 0 Å². The van der Waals surface area contributed by atoms with E-state index in [9.17, 15) is 22.8 Å². The minimum absolute atomic E-state index is 0.00133. The van der Waals surface area contributed by atoms with Gasteiger partial charge >= 0.3 is 6.18 Å². The van der Waals surface area contributed by atoms with E-state index in [0.29, 0.717) is 18.6 Å². The first kappa shape index (κ1) is 16.8. The quantitative estimate of drug-likeness (QED) is 0.676. The van der Waals surface area contributed by atoms with Crippen LogP contribution in [-0.2, 0) is 21.5 Å². The molecule has 1 amide bonds. The fourth-order valence-electron chi connectivity index (χ4n) is 3.53. The van der Waals surface area contributed by atoms with Crippen LogP contribution >= 0.6 is 0 Å². The molecule has 7 heteroatoms. The number of alkyl halides is 3. The number of aryl methyl sites for hydroxylation is 1. The minimum atomic E-state index is -4.17. The second-order valence-corrected chi connectivity index (χ2v) is 6.41. The molecule has 0 bridgehead atoms. The van der Waals surface area contributed by atoms with Crippen molar-refractivity contribution in [3.05, 3.63) is 29.3 Å². The molecule has 1 fully saturated rings. The lowest BCUT2D eigenvalue weighted by molar-refractivity contribution is -0.137. The maximum atomic E-state index is 12.1. The number of carbonyl (C=O) groups excluding carboxylic acids is 2. The molecule has 1 aromatic rings. The number of rotatable bonds is 4. The summed E-state index contributed by atoms with van der Waals surface area (Å²) in [6, 6.07) is 5.29. The second kappa shape index (κ2) is 6.11. The first-order valence-electron chi connectivity index (χ1n) is 7.93.